The second kappa shape index (κ2) is 3.72. The van der Waals surface area contributed by atoms with Crippen molar-refractivity contribution in [1.29, 1.82) is 0 Å². The number of halogens is 1. The molecular weight excluding hydrogens is 192 g/mol. The molecule has 0 aliphatic carbocycles. The van der Waals surface area contributed by atoms with Crippen LogP contribution in [0.5, 0.6) is 0 Å². The van der Waals surface area contributed by atoms with E-state index in [2.05, 4.69) is 29.8 Å². The lowest BCUT2D eigenvalue weighted by Gasteiger charge is -2.18. The smallest absolute Gasteiger partial charge is 0.0586 e. The SMILES string of the molecule is CCC(Br)C1CCOC1C. The molecule has 2 heteroatoms. The average molecular weight is 207 g/mol. The lowest BCUT2D eigenvalue weighted by atomic mass is 9.97. The van der Waals surface area contributed by atoms with Gasteiger partial charge in [-0.2, -0.15) is 0 Å². The van der Waals surface area contributed by atoms with E-state index in [0.717, 1.165) is 12.5 Å². The van der Waals surface area contributed by atoms with E-state index in [-0.39, 0.29) is 0 Å². The van der Waals surface area contributed by atoms with Crippen LogP contribution >= 0.6 is 15.9 Å². The molecule has 1 heterocycles. The second-order valence-electron chi connectivity index (χ2n) is 2.95. The van der Waals surface area contributed by atoms with Crippen molar-refractivity contribution in [2.75, 3.05) is 6.61 Å². The maximum atomic E-state index is 5.46. The lowest BCUT2D eigenvalue weighted by Crippen LogP contribution is -2.20. The Morgan fingerprint density at radius 2 is 2.40 bits per heavy atom. The summed E-state index contributed by atoms with van der Waals surface area (Å²) in [6.07, 6.45) is 2.90. The van der Waals surface area contributed by atoms with Gasteiger partial charge in [-0.05, 0) is 25.7 Å². The predicted molar refractivity (Wildman–Crippen MR) is 46.5 cm³/mol. The third kappa shape index (κ3) is 1.73. The van der Waals surface area contributed by atoms with Gasteiger partial charge in [-0.1, -0.05) is 22.9 Å². The van der Waals surface area contributed by atoms with Crippen LogP contribution in [0, 0.1) is 5.92 Å². The highest BCUT2D eigenvalue weighted by molar-refractivity contribution is 9.09. The van der Waals surface area contributed by atoms with Crippen LogP contribution in [-0.2, 0) is 4.74 Å². The maximum Gasteiger partial charge on any atom is 0.0586 e. The van der Waals surface area contributed by atoms with Gasteiger partial charge in [-0.15, -0.1) is 0 Å². The summed E-state index contributed by atoms with van der Waals surface area (Å²) in [5, 5.41) is 0. The maximum absolute atomic E-state index is 5.46. The molecule has 10 heavy (non-hydrogen) atoms. The summed E-state index contributed by atoms with van der Waals surface area (Å²) in [6, 6.07) is 0. The Morgan fingerprint density at radius 1 is 1.70 bits per heavy atom. The summed E-state index contributed by atoms with van der Waals surface area (Å²) < 4.78 is 5.46. The highest BCUT2D eigenvalue weighted by atomic mass is 79.9. The van der Waals surface area contributed by atoms with Gasteiger partial charge in [-0.25, -0.2) is 0 Å². The van der Waals surface area contributed by atoms with Gasteiger partial charge in [-0.3, -0.25) is 0 Å². The molecular formula is C8H15BrO. The van der Waals surface area contributed by atoms with Gasteiger partial charge >= 0.3 is 0 Å². The van der Waals surface area contributed by atoms with Crippen molar-refractivity contribution in [3.63, 3.8) is 0 Å². The van der Waals surface area contributed by atoms with Crippen LogP contribution < -0.4 is 0 Å². The monoisotopic (exact) mass is 206 g/mol. The van der Waals surface area contributed by atoms with E-state index >= 15 is 0 Å². The number of ether oxygens (including phenoxy) is 1. The molecule has 1 rings (SSSR count). The minimum Gasteiger partial charge on any atom is -0.378 e. The van der Waals surface area contributed by atoms with Crippen LogP contribution in [-0.4, -0.2) is 17.5 Å². The highest BCUT2D eigenvalue weighted by Crippen LogP contribution is 2.29. The Balaban J connectivity index is 2.38. The minimum absolute atomic E-state index is 0.462. The lowest BCUT2D eigenvalue weighted by molar-refractivity contribution is 0.105. The Morgan fingerprint density at radius 3 is 2.80 bits per heavy atom. The van der Waals surface area contributed by atoms with Crippen molar-refractivity contribution < 1.29 is 4.74 Å². The average Bonchev–Trinajstić information content (AvgIpc) is 2.34. The molecule has 3 unspecified atom stereocenters. The molecule has 0 amide bonds. The molecule has 1 fully saturated rings. The fourth-order valence-corrected chi connectivity index (χ4v) is 2.22. The number of alkyl halides is 1. The second-order valence-corrected chi connectivity index (χ2v) is 4.13. The van der Waals surface area contributed by atoms with Crippen molar-refractivity contribution in [3.8, 4) is 0 Å². The summed E-state index contributed by atoms with van der Waals surface area (Å²) in [5.74, 6) is 0.741. The minimum atomic E-state index is 0.462. The van der Waals surface area contributed by atoms with E-state index in [9.17, 15) is 0 Å². The van der Waals surface area contributed by atoms with Crippen LogP contribution in [0.25, 0.3) is 0 Å². The molecule has 1 saturated heterocycles. The normalized spacial score (nSPS) is 36.3. The predicted octanol–water partition coefficient (Wildman–Crippen LogP) is 2.58. The first-order valence-electron chi connectivity index (χ1n) is 4.01. The van der Waals surface area contributed by atoms with Gasteiger partial charge in [0.1, 0.15) is 0 Å². The third-order valence-corrected chi connectivity index (χ3v) is 3.62. The van der Waals surface area contributed by atoms with Gasteiger partial charge in [0.05, 0.1) is 6.10 Å². The fourth-order valence-electron chi connectivity index (χ4n) is 1.53. The topological polar surface area (TPSA) is 9.23 Å². The van der Waals surface area contributed by atoms with Crippen molar-refractivity contribution in [2.45, 2.75) is 37.6 Å². The Labute approximate surface area is 71.3 Å². The van der Waals surface area contributed by atoms with Crippen LogP contribution in [0.1, 0.15) is 26.7 Å². The number of rotatable bonds is 2. The molecule has 0 aromatic heterocycles. The molecule has 0 saturated carbocycles. The van der Waals surface area contributed by atoms with Gasteiger partial charge in [0.15, 0.2) is 0 Å². The first-order valence-corrected chi connectivity index (χ1v) is 4.93. The van der Waals surface area contributed by atoms with Crippen LogP contribution in [0.2, 0.25) is 0 Å². The van der Waals surface area contributed by atoms with Crippen LogP contribution in [0.3, 0.4) is 0 Å². The zero-order valence-electron chi connectivity index (χ0n) is 6.64. The molecule has 3 atom stereocenters. The molecule has 1 aliphatic rings. The number of hydrogen-bond acceptors (Lipinski definition) is 1. The molecule has 1 nitrogen and oxygen atoms in total. The number of hydrogen-bond donors (Lipinski definition) is 0. The van der Waals surface area contributed by atoms with Gasteiger partial charge in [0.25, 0.3) is 0 Å². The fraction of sp³-hybridized carbons (Fsp3) is 1.00. The van der Waals surface area contributed by atoms with Crippen LogP contribution in [0.4, 0.5) is 0 Å². The summed E-state index contributed by atoms with van der Waals surface area (Å²) in [5.41, 5.74) is 0. The summed E-state index contributed by atoms with van der Waals surface area (Å²) in [6.45, 7) is 5.33. The van der Waals surface area contributed by atoms with Crippen molar-refractivity contribution in [3.05, 3.63) is 0 Å². The third-order valence-electron chi connectivity index (χ3n) is 2.29. The summed E-state index contributed by atoms with van der Waals surface area (Å²) in [7, 11) is 0. The first-order chi connectivity index (χ1) is 4.75. The van der Waals surface area contributed by atoms with Gasteiger partial charge < -0.3 is 4.74 Å². The van der Waals surface area contributed by atoms with E-state index in [4.69, 9.17) is 4.74 Å². The molecule has 1 aliphatic heterocycles. The Kier molecular flexibility index (Phi) is 3.18. The molecule has 0 aromatic carbocycles. The zero-order chi connectivity index (χ0) is 7.56. The molecule has 60 valence electrons. The largest absolute Gasteiger partial charge is 0.378 e. The summed E-state index contributed by atoms with van der Waals surface area (Å²) in [4.78, 5) is 0.657. The van der Waals surface area contributed by atoms with Crippen LogP contribution in [0.15, 0.2) is 0 Å². The van der Waals surface area contributed by atoms with Gasteiger partial charge in [0.2, 0.25) is 0 Å². The summed E-state index contributed by atoms with van der Waals surface area (Å²) >= 11 is 3.66. The standard InChI is InChI=1S/C8H15BrO/c1-3-8(9)7-4-5-10-6(7)2/h6-8H,3-5H2,1-2H3. The van der Waals surface area contributed by atoms with Crippen molar-refractivity contribution >= 4 is 15.9 Å². The zero-order valence-corrected chi connectivity index (χ0v) is 8.23. The van der Waals surface area contributed by atoms with E-state index in [1.807, 2.05) is 0 Å². The molecule has 0 radical (unpaired) electrons. The molecule has 0 N–H and O–H groups in total. The molecule has 0 spiro atoms. The van der Waals surface area contributed by atoms with Gasteiger partial charge in [0, 0.05) is 11.4 Å². The molecule has 0 aromatic rings. The highest BCUT2D eigenvalue weighted by Gasteiger charge is 2.28. The Bertz CT molecular complexity index is 105. The van der Waals surface area contributed by atoms with Crippen molar-refractivity contribution in [2.24, 2.45) is 5.92 Å². The van der Waals surface area contributed by atoms with Crippen molar-refractivity contribution in [1.82, 2.24) is 0 Å². The van der Waals surface area contributed by atoms with E-state index in [1.165, 1.54) is 12.8 Å². The Hall–Kier alpha value is 0.440. The van der Waals surface area contributed by atoms with E-state index in [0.29, 0.717) is 10.9 Å². The van der Waals surface area contributed by atoms with E-state index < -0.39 is 0 Å². The first kappa shape index (κ1) is 8.54. The molecule has 0 bridgehead atoms. The van der Waals surface area contributed by atoms with E-state index in [1.54, 1.807) is 0 Å². The quantitative estimate of drug-likeness (QED) is 0.632.